The number of esters is 1. The van der Waals surface area contributed by atoms with Crippen molar-refractivity contribution in [3.8, 4) is 11.5 Å². The largest absolute Gasteiger partial charge is 0.465 e. The van der Waals surface area contributed by atoms with Crippen molar-refractivity contribution in [1.82, 2.24) is 0 Å². The molecule has 1 aliphatic heterocycles. The molecule has 3 aromatic rings. The number of fused-ring (bicyclic) bond motifs is 1. The predicted molar refractivity (Wildman–Crippen MR) is 118 cm³/mol. The number of rotatable bonds is 5. The molecule has 0 aliphatic carbocycles. The maximum absolute atomic E-state index is 12.7. The highest BCUT2D eigenvalue weighted by Crippen LogP contribution is 2.37. The van der Waals surface area contributed by atoms with Gasteiger partial charge in [-0.15, -0.1) is 11.3 Å². The number of ether oxygens (including phenoxy) is 3. The molecule has 154 valence electrons. The van der Waals surface area contributed by atoms with E-state index in [-0.39, 0.29) is 12.7 Å². The molecule has 0 radical (unpaired) electrons. The number of benzene rings is 2. The standard InChI is InChI=1S/C22H18BrNO5S/c1-12-18(10-13-3-8-16-17(9-13)29-11-28-16)30-21(19(12)22(26)27-2)24-20(25)14-4-6-15(23)7-5-14/h3-9H,10-11H2,1-2H3,(H,24,25). The number of nitrogens with one attached hydrogen (secondary N) is 1. The van der Waals surface area contributed by atoms with Crippen LogP contribution in [-0.2, 0) is 11.2 Å². The Kier molecular flexibility index (Phi) is 5.78. The molecular weight excluding hydrogens is 470 g/mol. The zero-order valence-corrected chi connectivity index (χ0v) is 18.7. The highest BCUT2D eigenvalue weighted by atomic mass is 79.9. The van der Waals surface area contributed by atoms with Gasteiger partial charge in [-0.1, -0.05) is 22.0 Å². The highest BCUT2D eigenvalue weighted by molar-refractivity contribution is 9.10. The SMILES string of the molecule is COC(=O)c1c(NC(=O)c2ccc(Br)cc2)sc(Cc2ccc3c(c2)OCO3)c1C. The van der Waals surface area contributed by atoms with E-state index in [0.29, 0.717) is 28.3 Å². The van der Waals surface area contributed by atoms with Gasteiger partial charge in [0.05, 0.1) is 12.7 Å². The van der Waals surface area contributed by atoms with Crippen molar-refractivity contribution < 1.29 is 23.8 Å². The van der Waals surface area contributed by atoms with Gasteiger partial charge in [0.25, 0.3) is 5.91 Å². The van der Waals surface area contributed by atoms with E-state index in [1.54, 1.807) is 24.3 Å². The lowest BCUT2D eigenvalue weighted by atomic mass is 10.1. The molecule has 30 heavy (non-hydrogen) atoms. The first-order valence-electron chi connectivity index (χ1n) is 9.12. The van der Waals surface area contributed by atoms with E-state index in [4.69, 9.17) is 14.2 Å². The molecule has 0 unspecified atom stereocenters. The molecule has 6 nitrogen and oxygen atoms in total. The average molecular weight is 488 g/mol. The van der Waals surface area contributed by atoms with Gasteiger partial charge in [0, 0.05) is 21.3 Å². The summed E-state index contributed by atoms with van der Waals surface area (Å²) in [5, 5.41) is 3.34. The summed E-state index contributed by atoms with van der Waals surface area (Å²) in [7, 11) is 1.33. The zero-order valence-electron chi connectivity index (χ0n) is 16.3. The van der Waals surface area contributed by atoms with Gasteiger partial charge in [0.2, 0.25) is 6.79 Å². The first-order valence-corrected chi connectivity index (χ1v) is 10.7. The molecule has 1 aromatic heterocycles. The first-order chi connectivity index (χ1) is 14.5. The van der Waals surface area contributed by atoms with Crippen LogP contribution in [-0.4, -0.2) is 25.8 Å². The third-order valence-electron chi connectivity index (χ3n) is 4.77. The minimum Gasteiger partial charge on any atom is -0.465 e. The second-order valence-corrected chi connectivity index (χ2v) is 8.69. The van der Waals surface area contributed by atoms with Crippen molar-refractivity contribution in [2.45, 2.75) is 13.3 Å². The molecule has 4 rings (SSSR count). The molecule has 0 spiro atoms. The lowest BCUT2D eigenvalue weighted by Gasteiger charge is -2.06. The fraction of sp³-hybridized carbons (Fsp3) is 0.182. The number of halogens is 1. The van der Waals surface area contributed by atoms with E-state index >= 15 is 0 Å². The summed E-state index contributed by atoms with van der Waals surface area (Å²) in [6.45, 7) is 2.08. The monoisotopic (exact) mass is 487 g/mol. The number of methoxy groups -OCH3 is 1. The summed E-state index contributed by atoms with van der Waals surface area (Å²) < 4.78 is 16.6. The molecule has 8 heteroatoms. The Morgan fingerprint density at radius 2 is 1.87 bits per heavy atom. The lowest BCUT2D eigenvalue weighted by Crippen LogP contribution is -2.14. The summed E-state index contributed by atoms with van der Waals surface area (Å²) in [6, 6.07) is 12.8. The topological polar surface area (TPSA) is 73.9 Å². The van der Waals surface area contributed by atoms with E-state index in [2.05, 4.69) is 21.2 Å². The minimum absolute atomic E-state index is 0.218. The Labute approximate surface area is 185 Å². The number of thiophene rings is 1. The fourth-order valence-electron chi connectivity index (χ4n) is 3.18. The Hall–Kier alpha value is -2.84. The number of hydrogen-bond donors (Lipinski definition) is 1. The molecule has 0 saturated carbocycles. The maximum Gasteiger partial charge on any atom is 0.341 e. The van der Waals surface area contributed by atoms with Crippen LogP contribution in [0.15, 0.2) is 46.9 Å². The third kappa shape index (κ3) is 4.06. The van der Waals surface area contributed by atoms with Gasteiger partial charge < -0.3 is 19.5 Å². The highest BCUT2D eigenvalue weighted by Gasteiger charge is 2.24. The van der Waals surface area contributed by atoms with Crippen molar-refractivity contribution in [2.24, 2.45) is 0 Å². The van der Waals surface area contributed by atoms with Gasteiger partial charge >= 0.3 is 5.97 Å². The van der Waals surface area contributed by atoms with Crippen molar-refractivity contribution in [2.75, 3.05) is 19.2 Å². The molecule has 2 aromatic carbocycles. The van der Waals surface area contributed by atoms with Crippen LogP contribution in [0.3, 0.4) is 0 Å². The van der Waals surface area contributed by atoms with Crippen LogP contribution in [0.4, 0.5) is 5.00 Å². The van der Waals surface area contributed by atoms with Gasteiger partial charge in [-0.2, -0.15) is 0 Å². The summed E-state index contributed by atoms with van der Waals surface area (Å²) in [6.07, 6.45) is 0.589. The Bertz CT molecular complexity index is 1120. The molecule has 1 aliphatic rings. The molecule has 1 N–H and O–H groups in total. The Morgan fingerprint density at radius 1 is 1.13 bits per heavy atom. The van der Waals surface area contributed by atoms with Crippen LogP contribution in [0.5, 0.6) is 11.5 Å². The molecule has 0 bridgehead atoms. The minimum atomic E-state index is -0.480. The fourth-order valence-corrected chi connectivity index (χ4v) is 4.66. The quantitative estimate of drug-likeness (QED) is 0.502. The van der Waals surface area contributed by atoms with Crippen molar-refractivity contribution in [3.05, 3.63) is 74.1 Å². The second-order valence-electron chi connectivity index (χ2n) is 6.67. The lowest BCUT2D eigenvalue weighted by molar-refractivity contribution is 0.0601. The van der Waals surface area contributed by atoms with Gasteiger partial charge in [-0.3, -0.25) is 4.79 Å². The van der Waals surface area contributed by atoms with E-state index in [1.165, 1.54) is 18.4 Å². The van der Waals surface area contributed by atoms with E-state index in [9.17, 15) is 9.59 Å². The van der Waals surface area contributed by atoms with Crippen LogP contribution in [0.2, 0.25) is 0 Å². The number of anilines is 1. The summed E-state index contributed by atoms with van der Waals surface area (Å²) in [5.74, 6) is 0.661. The van der Waals surface area contributed by atoms with Gasteiger partial charge in [-0.05, 0) is 54.4 Å². The second kappa shape index (κ2) is 8.49. The molecule has 0 fully saturated rings. The molecule has 2 heterocycles. The van der Waals surface area contributed by atoms with Crippen molar-refractivity contribution in [1.29, 1.82) is 0 Å². The van der Waals surface area contributed by atoms with Gasteiger partial charge in [0.1, 0.15) is 5.00 Å². The number of carbonyl (C=O) groups is 2. The summed E-state index contributed by atoms with van der Waals surface area (Å²) in [5.41, 5.74) is 2.68. The zero-order chi connectivity index (χ0) is 21.3. The Balaban J connectivity index is 1.64. The first kappa shape index (κ1) is 20.4. The predicted octanol–water partition coefficient (Wildman–Crippen LogP) is 5.18. The molecule has 1 amide bonds. The molecule has 0 atom stereocenters. The van der Waals surface area contributed by atoms with Gasteiger partial charge in [-0.25, -0.2) is 4.79 Å². The normalized spacial score (nSPS) is 12.0. The van der Waals surface area contributed by atoms with E-state index in [1.807, 2.05) is 25.1 Å². The van der Waals surface area contributed by atoms with Crippen LogP contribution in [0.1, 0.15) is 36.7 Å². The summed E-state index contributed by atoms with van der Waals surface area (Å²) >= 11 is 4.73. The number of amides is 1. The van der Waals surface area contributed by atoms with E-state index < -0.39 is 5.97 Å². The van der Waals surface area contributed by atoms with Crippen LogP contribution < -0.4 is 14.8 Å². The van der Waals surface area contributed by atoms with Crippen LogP contribution in [0.25, 0.3) is 0 Å². The van der Waals surface area contributed by atoms with Gasteiger partial charge in [0.15, 0.2) is 11.5 Å². The van der Waals surface area contributed by atoms with Crippen LogP contribution in [0, 0.1) is 6.92 Å². The molecule has 0 saturated heterocycles. The average Bonchev–Trinajstić information content (AvgIpc) is 3.32. The third-order valence-corrected chi connectivity index (χ3v) is 6.51. The smallest absolute Gasteiger partial charge is 0.341 e. The number of hydrogen-bond acceptors (Lipinski definition) is 6. The summed E-state index contributed by atoms with van der Waals surface area (Å²) in [4.78, 5) is 26.1. The van der Waals surface area contributed by atoms with Crippen molar-refractivity contribution in [3.63, 3.8) is 0 Å². The van der Waals surface area contributed by atoms with Crippen molar-refractivity contribution >= 4 is 44.1 Å². The van der Waals surface area contributed by atoms with E-state index in [0.717, 1.165) is 26.2 Å². The number of carbonyl (C=O) groups excluding carboxylic acids is 2. The Morgan fingerprint density at radius 3 is 2.60 bits per heavy atom. The maximum atomic E-state index is 12.7. The molecular formula is C22H18BrNO5S. The van der Waals surface area contributed by atoms with Crippen LogP contribution >= 0.6 is 27.3 Å².